The monoisotopic (exact) mass is 427 g/mol. The van der Waals surface area contributed by atoms with Gasteiger partial charge in [0.05, 0.1) is 0 Å². The highest BCUT2D eigenvalue weighted by atomic mass is 16.6. The fraction of sp³-hybridized carbons (Fsp3) is 0.273. The van der Waals surface area contributed by atoms with E-state index in [9.17, 15) is 19.5 Å². The van der Waals surface area contributed by atoms with Crippen LogP contribution in [0.1, 0.15) is 24.0 Å². The van der Waals surface area contributed by atoms with Gasteiger partial charge >= 0.3 is 17.9 Å². The van der Waals surface area contributed by atoms with Crippen molar-refractivity contribution in [3.8, 4) is 0 Å². The van der Waals surface area contributed by atoms with Gasteiger partial charge < -0.3 is 26.0 Å². The third kappa shape index (κ3) is 6.56. The Bertz CT molecular complexity index is 856. The van der Waals surface area contributed by atoms with Crippen LogP contribution in [0.15, 0.2) is 65.7 Å². The summed E-state index contributed by atoms with van der Waals surface area (Å²) in [5.74, 6) is -4.24. The van der Waals surface area contributed by atoms with Gasteiger partial charge in [-0.1, -0.05) is 60.7 Å². The van der Waals surface area contributed by atoms with Gasteiger partial charge in [0.2, 0.25) is 0 Å². The number of aliphatic imine (C=N–C) groups is 1. The SMILES string of the molecule is NC(N)=NCCCC(C(=O)O)(C(=O)OCc1ccccc1)C(=O)OCc1ccccc1. The number of carboxylic acids is 1. The summed E-state index contributed by atoms with van der Waals surface area (Å²) in [6.45, 7) is -0.335. The zero-order valence-corrected chi connectivity index (χ0v) is 16.9. The quantitative estimate of drug-likeness (QED) is 0.161. The van der Waals surface area contributed by atoms with Gasteiger partial charge in [-0.2, -0.15) is 0 Å². The van der Waals surface area contributed by atoms with Gasteiger partial charge in [0, 0.05) is 6.54 Å². The largest absolute Gasteiger partial charge is 0.480 e. The van der Waals surface area contributed by atoms with Crippen LogP contribution < -0.4 is 11.5 Å². The zero-order valence-electron chi connectivity index (χ0n) is 16.9. The maximum atomic E-state index is 12.9. The molecule has 2 aromatic rings. The van der Waals surface area contributed by atoms with Crippen molar-refractivity contribution in [3.63, 3.8) is 0 Å². The molecule has 2 rings (SSSR count). The summed E-state index contributed by atoms with van der Waals surface area (Å²) in [4.78, 5) is 41.7. The van der Waals surface area contributed by atoms with E-state index < -0.39 is 23.3 Å². The van der Waals surface area contributed by atoms with E-state index in [1.165, 1.54) is 0 Å². The number of nitrogens with zero attached hydrogens (tertiary/aromatic N) is 1. The second-order valence-corrected chi connectivity index (χ2v) is 6.74. The number of hydrogen-bond donors (Lipinski definition) is 3. The van der Waals surface area contributed by atoms with Crippen LogP contribution in [0.25, 0.3) is 0 Å². The number of carbonyl (C=O) groups excluding carboxylic acids is 2. The van der Waals surface area contributed by atoms with Crippen LogP contribution in [0, 0.1) is 5.41 Å². The van der Waals surface area contributed by atoms with Crippen LogP contribution in [0.2, 0.25) is 0 Å². The third-order valence-corrected chi connectivity index (χ3v) is 4.49. The van der Waals surface area contributed by atoms with Gasteiger partial charge in [0.15, 0.2) is 5.96 Å². The predicted molar refractivity (Wildman–Crippen MR) is 112 cm³/mol. The lowest BCUT2D eigenvalue weighted by molar-refractivity contribution is -0.183. The molecular formula is C22H25N3O6. The zero-order chi connectivity index (χ0) is 22.7. The highest BCUT2D eigenvalue weighted by molar-refractivity contribution is 6.17. The van der Waals surface area contributed by atoms with Gasteiger partial charge in [-0.25, -0.2) is 0 Å². The average Bonchev–Trinajstić information content (AvgIpc) is 2.77. The Morgan fingerprint density at radius 2 is 1.29 bits per heavy atom. The fourth-order valence-electron chi connectivity index (χ4n) is 2.81. The molecule has 0 aromatic heterocycles. The first kappa shape index (κ1) is 23.4. The topological polar surface area (TPSA) is 154 Å². The fourth-order valence-corrected chi connectivity index (χ4v) is 2.81. The summed E-state index contributed by atoms with van der Waals surface area (Å²) in [6.07, 6.45) is -0.342. The number of aliphatic carboxylic acids is 1. The van der Waals surface area contributed by atoms with Crippen LogP contribution in [-0.2, 0) is 37.1 Å². The first-order valence-corrected chi connectivity index (χ1v) is 9.57. The van der Waals surface area contributed by atoms with E-state index in [4.69, 9.17) is 20.9 Å². The first-order chi connectivity index (χ1) is 14.9. The van der Waals surface area contributed by atoms with Crippen molar-refractivity contribution < 1.29 is 29.0 Å². The van der Waals surface area contributed by atoms with E-state index in [1.807, 2.05) is 0 Å². The highest BCUT2D eigenvalue weighted by Gasteiger charge is 2.56. The van der Waals surface area contributed by atoms with Crippen LogP contribution in [0.3, 0.4) is 0 Å². The van der Waals surface area contributed by atoms with Gasteiger partial charge in [0.25, 0.3) is 5.41 Å². The number of esters is 2. The van der Waals surface area contributed by atoms with E-state index in [1.54, 1.807) is 60.7 Å². The van der Waals surface area contributed by atoms with E-state index >= 15 is 0 Å². The maximum Gasteiger partial charge on any atom is 0.335 e. The molecule has 2 aromatic carbocycles. The molecular weight excluding hydrogens is 402 g/mol. The van der Waals surface area contributed by atoms with Crippen molar-refractivity contribution in [3.05, 3.63) is 71.8 Å². The number of carboxylic acid groups (broad SMARTS) is 1. The lowest BCUT2D eigenvalue weighted by Gasteiger charge is -2.25. The van der Waals surface area contributed by atoms with Crippen molar-refractivity contribution >= 4 is 23.9 Å². The van der Waals surface area contributed by atoms with Crippen molar-refractivity contribution in [2.24, 2.45) is 21.9 Å². The molecule has 31 heavy (non-hydrogen) atoms. The molecule has 164 valence electrons. The number of benzene rings is 2. The highest BCUT2D eigenvalue weighted by Crippen LogP contribution is 2.30. The van der Waals surface area contributed by atoms with E-state index in [2.05, 4.69) is 4.99 Å². The minimum Gasteiger partial charge on any atom is -0.480 e. The minimum absolute atomic E-state index is 0.0370. The Labute approximate surface area is 179 Å². The minimum atomic E-state index is -2.54. The third-order valence-electron chi connectivity index (χ3n) is 4.49. The smallest absolute Gasteiger partial charge is 0.335 e. The van der Waals surface area contributed by atoms with Crippen molar-refractivity contribution in [1.29, 1.82) is 0 Å². The standard InChI is InChI=1S/C22H25N3O6/c23-21(24)25-13-7-12-22(18(26)27,19(28)30-14-16-8-3-1-4-9-16)20(29)31-15-17-10-5-2-6-11-17/h1-6,8-11H,7,12-15H2,(H,26,27)(H4,23,24,25). The Balaban J connectivity index is 2.21. The Hall–Kier alpha value is -3.88. The van der Waals surface area contributed by atoms with Crippen LogP contribution in [0.4, 0.5) is 0 Å². The summed E-state index contributed by atoms with van der Waals surface area (Å²) in [6, 6.07) is 17.4. The first-order valence-electron chi connectivity index (χ1n) is 9.57. The molecule has 0 unspecified atom stereocenters. The second kappa shape index (κ2) is 11.3. The number of hydrogen-bond acceptors (Lipinski definition) is 6. The van der Waals surface area contributed by atoms with Gasteiger partial charge in [-0.3, -0.25) is 19.4 Å². The molecule has 0 spiro atoms. The maximum absolute atomic E-state index is 12.9. The summed E-state index contributed by atoms with van der Waals surface area (Å²) < 4.78 is 10.4. The second-order valence-electron chi connectivity index (χ2n) is 6.74. The molecule has 0 atom stereocenters. The normalized spacial score (nSPS) is 10.7. The molecule has 0 aliphatic rings. The Morgan fingerprint density at radius 1 is 0.839 bits per heavy atom. The Morgan fingerprint density at radius 3 is 1.68 bits per heavy atom. The van der Waals surface area contributed by atoms with Gasteiger partial charge in [0.1, 0.15) is 13.2 Å². The van der Waals surface area contributed by atoms with Crippen LogP contribution in [0.5, 0.6) is 0 Å². The van der Waals surface area contributed by atoms with Gasteiger partial charge in [-0.05, 0) is 24.0 Å². The van der Waals surface area contributed by atoms with Crippen molar-refractivity contribution in [1.82, 2.24) is 0 Å². The lowest BCUT2D eigenvalue weighted by atomic mass is 9.83. The summed E-state index contributed by atoms with van der Waals surface area (Å²) in [5.41, 5.74) is 9.30. The molecule has 5 N–H and O–H groups in total. The van der Waals surface area contributed by atoms with E-state index in [0.717, 1.165) is 0 Å². The van der Waals surface area contributed by atoms with Crippen LogP contribution in [-0.4, -0.2) is 35.5 Å². The molecule has 0 radical (unpaired) electrons. The van der Waals surface area contributed by atoms with E-state index in [-0.39, 0.29) is 38.6 Å². The molecule has 0 aliphatic heterocycles. The summed E-state index contributed by atoms with van der Waals surface area (Å²) in [5, 5.41) is 9.88. The number of rotatable bonds is 11. The molecule has 0 saturated heterocycles. The molecule has 0 bridgehead atoms. The number of carbonyl (C=O) groups is 3. The van der Waals surface area contributed by atoms with Crippen LogP contribution >= 0.6 is 0 Å². The molecule has 0 aliphatic carbocycles. The molecule has 0 fully saturated rings. The van der Waals surface area contributed by atoms with Gasteiger partial charge in [-0.15, -0.1) is 0 Å². The summed E-state index contributed by atoms with van der Waals surface area (Å²) >= 11 is 0. The lowest BCUT2D eigenvalue weighted by Crippen LogP contribution is -2.48. The predicted octanol–water partition coefficient (Wildman–Crippen LogP) is 1.60. The molecule has 9 nitrogen and oxygen atoms in total. The molecule has 0 saturated carbocycles. The Kier molecular flexibility index (Phi) is 8.56. The van der Waals surface area contributed by atoms with Crippen molar-refractivity contribution in [2.45, 2.75) is 26.1 Å². The molecule has 9 heteroatoms. The number of guanidine groups is 1. The average molecular weight is 427 g/mol. The number of nitrogens with two attached hydrogens (primary N) is 2. The van der Waals surface area contributed by atoms with Crippen molar-refractivity contribution in [2.75, 3.05) is 6.54 Å². The van der Waals surface area contributed by atoms with E-state index in [0.29, 0.717) is 11.1 Å². The molecule has 0 heterocycles. The summed E-state index contributed by atoms with van der Waals surface area (Å²) in [7, 11) is 0. The number of ether oxygens (including phenoxy) is 2. The molecule has 0 amide bonds.